The van der Waals surface area contributed by atoms with Crippen LogP contribution in [0.25, 0.3) is 10.4 Å². The van der Waals surface area contributed by atoms with Crippen molar-refractivity contribution in [1.29, 1.82) is 0 Å². The average Bonchev–Trinajstić information content (AvgIpc) is 2.95. The van der Waals surface area contributed by atoms with Crippen LogP contribution in [-0.4, -0.2) is 79.7 Å². The van der Waals surface area contributed by atoms with E-state index in [2.05, 4.69) is 20.7 Å². The average molecular weight is 507 g/mol. The van der Waals surface area contributed by atoms with Crippen molar-refractivity contribution in [1.82, 2.24) is 15.2 Å². The molecule has 3 aliphatic rings. The highest BCUT2D eigenvalue weighted by Crippen LogP contribution is 2.37. The molecule has 13 heteroatoms. The molecule has 2 amide bonds. The molecule has 3 aliphatic heterocycles. The minimum atomic E-state index is -0.694. The lowest BCUT2D eigenvalue weighted by atomic mass is 10.0. The van der Waals surface area contributed by atoms with Gasteiger partial charge in [-0.15, -0.1) is 0 Å². The van der Waals surface area contributed by atoms with Crippen molar-refractivity contribution >= 4 is 34.8 Å². The Morgan fingerprint density at radius 3 is 2.78 bits per heavy atom. The minimum absolute atomic E-state index is 0.00796. The van der Waals surface area contributed by atoms with Crippen LogP contribution in [0, 0.1) is 0 Å². The summed E-state index contributed by atoms with van der Waals surface area (Å²) in [5, 5.41) is 11.2. The number of azide groups is 1. The number of ether oxygens (including phenoxy) is 1. The van der Waals surface area contributed by atoms with E-state index in [0.717, 1.165) is 13.1 Å². The van der Waals surface area contributed by atoms with E-state index in [1.54, 1.807) is 30.3 Å². The fourth-order valence-electron chi connectivity index (χ4n) is 5.00. The Morgan fingerprint density at radius 2 is 2.03 bits per heavy atom. The number of hydrazine groups is 1. The van der Waals surface area contributed by atoms with Crippen LogP contribution in [0.4, 0.5) is 23.0 Å². The number of benzene rings is 1. The first-order chi connectivity index (χ1) is 18.1. The van der Waals surface area contributed by atoms with Gasteiger partial charge in [0.1, 0.15) is 11.9 Å². The Bertz CT molecular complexity index is 1210. The Kier molecular flexibility index (Phi) is 7.37. The summed E-state index contributed by atoms with van der Waals surface area (Å²) < 4.78 is 5.52. The number of piperazine rings is 1. The van der Waals surface area contributed by atoms with Gasteiger partial charge in [0.25, 0.3) is 5.91 Å². The second-order valence-corrected chi connectivity index (χ2v) is 9.17. The normalized spacial score (nSPS) is 20.0. The zero-order valence-corrected chi connectivity index (χ0v) is 20.4. The zero-order valence-electron chi connectivity index (χ0n) is 20.4. The van der Waals surface area contributed by atoms with Crippen LogP contribution in [0.1, 0.15) is 23.2 Å². The molecule has 37 heavy (non-hydrogen) atoms. The first-order valence-electron chi connectivity index (χ1n) is 12.4. The van der Waals surface area contributed by atoms with Crippen LogP contribution in [0.2, 0.25) is 0 Å². The number of anilines is 4. The van der Waals surface area contributed by atoms with Gasteiger partial charge < -0.3 is 25.2 Å². The zero-order chi connectivity index (χ0) is 25.8. The van der Waals surface area contributed by atoms with Crippen molar-refractivity contribution < 1.29 is 14.3 Å². The first-order valence-corrected chi connectivity index (χ1v) is 12.4. The number of nitrogens with one attached hydrogen (secondary N) is 2. The number of nitrogens with zero attached hydrogens (tertiary/aromatic N) is 7. The predicted octanol–water partition coefficient (Wildman–Crippen LogP) is 1.76. The third-order valence-corrected chi connectivity index (χ3v) is 6.93. The molecule has 5 rings (SSSR count). The Hall–Kier alpha value is -3.90. The molecule has 1 aromatic heterocycles. The Morgan fingerprint density at radius 1 is 1.24 bits per heavy atom. The first kappa shape index (κ1) is 24.8. The van der Waals surface area contributed by atoms with E-state index in [0.29, 0.717) is 67.7 Å². The highest BCUT2D eigenvalue weighted by atomic mass is 16.5. The minimum Gasteiger partial charge on any atom is -0.381 e. The van der Waals surface area contributed by atoms with Crippen LogP contribution < -0.4 is 26.4 Å². The summed E-state index contributed by atoms with van der Waals surface area (Å²) in [4.78, 5) is 37.4. The number of aromatic nitrogens is 1. The molecule has 0 spiro atoms. The number of hydrogen-bond acceptors (Lipinski definition) is 9. The number of carbonyl (C=O) groups is 2. The lowest BCUT2D eigenvalue weighted by molar-refractivity contribution is -0.117. The van der Waals surface area contributed by atoms with Gasteiger partial charge in [0.15, 0.2) is 5.82 Å². The molecule has 0 saturated carbocycles. The summed E-state index contributed by atoms with van der Waals surface area (Å²) in [7, 11) is 0. The van der Waals surface area contributed by atoms with Crippen molar-refractivity contribution in [2.75, 3.05) is 61.2 Å². The maximum absolute atomic E-state index is 13.0. The van der Waals surface area contributed by atoms with Gasteiger partial charge in [0, 0.05) is 55.9 Å². The molecule has 4 heterocycles. The maximum Gasteiger partial charge on any atom is 0.254 e. The molecular weight excluding hydrogens is 476 g/mol. The predicted molar refractivity (Wildman–Crippen MR) is 139 cm³/mol. The number of amides is 2. The van der Waals surface area contributed by atoms with Gasteiger partial charge in [-0.05, 0) is 48.7 Å². The van der Waals surface area contributed by atoms with Gasteiger partial charge in [0.2, 0.25) is 5.91 Å². The van der Waals surface area contributed by atoms with Crippen LogP contribution in [-0.2, 0) is 9.53 Å². The summed E-state index contributed by atoms with van der Waals surface area (Å²) in [6.45, 7) is 3.99. The van der Waals surface area contributed by atoms with Gasteiger partial charge in [0.05, 0.1) is 17.9 Å². The van der Waals surface area contributed by atoms with Gasteiger partial charge in [-0.25, -0.2) is 10.8 Å². The maximum atomic E-state index is 13.0. The molecule has 194 valence electrons. The van der Waals surface area contributed by atoms with Gasteiger partial charge in [-0.1, -0.05) is 11.2 Å². The van der Waals surface area contributed by atoms with E-state index in [9.17, 15) is 9.59 Å². The number of rotatable bonds is 6. The molecule has 0 radical (unpaired) electrons. The van der Waals surface area contributed by atoms with Crippen LogP contribution in [0.3, 0.4) is 0 Å². The quantitative estimate of drug-likeness (QED) is 0.175. The molecule has 1 atom stereocenters. The second kappa shape index (κ2) is 11.0. The smallest absolute Gasteiger partial charge is 0.254 e. The summed E-state index contributed by atoms with van der Waals surface area (Å²) in [6, 6.07) is 9.94. The third-order valence-electron chi connectivity index (χ3n) is 6.93. The molecule has 2 saturated heterocycles. The van der Waals surface area contributed by atoms with Crippen molar-refractivity contribution in [3.05, 3.63) is 52.4 Å². The molecule has 0 aliphatic carbocycles. The number of carbonyl (C=O) groups excluding carboxylic acids is 2. The number of pyridine rings is 1. The Balaban J connectivity index is 1.46. The molecule has 4 N–H and O–H groups in total. The molecular formula is C24H30N10O3. The second-order valence-electron chi connectivity index (χ2n) is 9.17. The van der Waals surface area contributed by atoms with E-state index >= 15 is 0 Å². The molecule has 1 aromatic carbocycles. The number of hydrogen-bond donors (Lipinski definition) is 3. The van der Waals surface area contributed by atoms with Crippen molar-refractivity contribution in [3.63, 3.8) is 0 Å². The summed E-state index contributed by atoms with van der Waals surface area (Å²) in [5.41, 5.74) is 10.6. The van der Waals surface area contributed by atoms with Crippen molar-refractivity contribution in [2.45, 2.75) is 24.9 Å². The van der Waals surface area contributed by atoms with Gasteiger partial charge in [-0.3, -0.25) is 14.6 Å². The molecule has 2 aromatic rings. The lowest BCUT2D eigenvalue weighted by Gasteiger charge is -2.43. The number of nitrogens with two attached hydrogens (primary N) is 1. The fraction of sp³-hybridized carbons (Fsp3) is 0.458. The SMILES string of the molecule is [N-]=[N+]=NC[C@@H]1C(=O)Nc2ccc(N(N)c3cccc(C(=O)N4CCNCC4)c3)nc2N1C1CCOCC1. The van der Waals surface area contributed by atoms with Crippen molar-refractivity contribution in [3.8, 4) is 0 Å². The summed E-state index contributed by atoms with van der Waals surface area (Å²) in [6.07, 6.45) is 1.43. The van der Waals surface area contributed by atoms with Crippen molar-refractivity contribution in [2.24, 2.45) is 11.0 Å². The third kappa shape index (κ3) is 5.16. The van der Waals surface area contributed by atoms with E-state index in [-0.39, 0.29) is 24.4 Å². The highest BCUT2D eigenvalue weighted by Gasteiger charge is 2.38. The van der Waals surface area contributed by atoms with E-state index in [1.165, 1.54) is 5.01 Å². The van der Waals surface area contributed by atoms with E-state index < -0.39 is 6.04 Å². The van der Waals surface area contributed by atoms with Crippen LogP contribution in [0.5, 0.6) is 0 Å². The van der Waals surface area contributed by atoms with Gasteiger partial charge in [-0.2, -0.15) is 0 Å². The molecule has 0 bridgehead atoms. The van der Waals surface area contributed by atoms with Gasteiger partial charge >= 0.3 is 0 Å². The summed E-state index contributed by atoms with van der Waals surface area (Å²) in [5.74, 6) is 7.23. The standard InChI is InChI=1S/C24H30N10O3/c25-31-28-15-20-23(35)29-19-4-5-21(30-22(19)33(20)17-6-12-37-13-7-17)34(26)18-3-1-2-16(14-18)24(36)32-10-8-27-9-11-32/h1-5,14,17,20,27H,6-13,15,26H2,(H,29,35)/t20-/m1/s1. The molecule has 2 fully saturated rings. The lowest BCUT2D eigenvalue weighted by Crippen LogP contribution is -2.56. The van der Waals surface area contributed by atoms with E-state index in [1.807, 2.05) is 15.9 Å². The number of fused-ring (bicyclic) bond motifs is 1. The fourth-order valence-corrected chi connectivity index (χ4v) is 5.00. The molecule has 0 unspecified atom stereocenters. The molecule has 13 nitrogen and oxygen atoms in total. The Labute approximate surface area is 214 Å². The van der Waals surface area contributed by atoms with Crippen LogP contribution >= 0.6 is 0 Å². The summed E-state index contributed by atoms with van der Waals surface area (Å²) >= 11 is 0. The highest BCUT2D eigenvalue weighted by molar-refractivity contribution is 6.03. The van der Waals surface area contributed by atoms with E-state index in [4.69, 9.17) is 21.1 Å². The monoisotopic (exact) mass is 506 g/mol. The topological polar surface area (TPSA) is 165 Å². The van der Waals surface area contributed by atoms with Crippen LogP contribution in [0.15, 0.2) is 41.5 Å². The largest absolute Gasteiger partial charge is 0.381 e.